The van der Waals surface area contributed by atoms with Crippen LogP contribution in [-0.2, 0) is 13.6 Å². The fraction of sp³-hybridized carbons (Fsp3) is 0.462. The zero-order chi connectivity index (χ0) is 15.6. The fourth-order valence-corrected chi connectivity index (χ4v) is 2.59. The van der Waals surface area contributed by atoms with Crippen LogP contribution >= 0.6 is 11.3 Å². The summed E-state index contributed by atoms with van der Waals surface area (Å²) >= 11 is 1.26. The van der Waals surface area contributed by atoms with Crippen molar-refractivity contribution in [1.82, 2.24) is 14.3 Å². The lowest BCUT2D eigenvalue weighted by molar-refractivity contribution is 0.0978. The van der Waals surface area contributed by atoms with Crippen molar-refractivity contribution in [2.75, 3.05) is 0 Å². The van der Waals surface area contributed by atoms with Gasteiger partial charge in [-0.1, -0.05) is 13.8 Å². The number of hydrogen-bond acceptors (Lipinski definition) is 3. The molecule has 0 bridgehead atoms. The van der Waals surface area contributed by atoms with E-state index in [0.29, 0.717) is 11.3 Å². The molecule has 8 heteroatoms. The van der Waals surface area contributed by atoms with Gasteiger partial charge in [0, 0.05) is 25.2 Å². The minimum atomic E-state index is -2.77. The quantitative estimate of drug-likeness (QED) is 0.871. The molecule has 0 saturated carbocycles. The Morgan fingerprint density at radius 2 is 2.19 bits per heavy atom. The maximum atomic E-state index is 13.2. The molecular weight excluding hydrogens is 298 g/mol. The first-order chi connectivity index (χ1) is 9.90. The van der Waals surface area contributed by atoms with Crippen molar-refractivity contribution in [3.8, 4) is 0 Å². The van der Waals surface area contributed by atoms with Gasteiger partial charge in [-0.15, -0.1) is 11.3 Å². The highest BCUT2D eigenvalue weighted by Gasteiger charge is 2.24. The van der Waals surface area contributed by atoms with Crippen molar-refractivity contribution in [3.05, 3.63) is 33.8 Å². The Bertz CT molecular complexity index is 699. The third kappa shape index (κ3) is 3.44. The normalized spacial score (nSPS) is 12.6. The summed E-state index contributed by atoms with van der Waals surface area (Å²) in [5, 5.41) is 5.67. The summed E-state index contributed by atoms with van der Waals surface area (Å²) in [6.07, 6.45) is 0.147. The molecule has 0 spiro atoms. The van der Waals surface area contributed by atoms with Crippen molar-refractivity contribution in [2.45, 2.75) is 26.8 Å². The lowest BCUT2D eigenvalue weighted by Crippen LogP contribution is -2.15. The van der Waals surface area contributed by atoms with E-state index in [0.717, 1.165) is 0 Å². The first-order valence-electron chi connectivity index (χ1n) is 6.43. The Morgan fingerprint density at radius 3 is 2.71 bits per heavy atom. The molecule has 2 aromatic heterocycles. The molecule has 114 valence electrons. The largest absolute Gasteiger partial charge is 0.327 e. The summed E-state index contributed by atoms with van der Waals surface area (Å²) in [6.45, 7) is 4.13. The number of nitrogens with zero attached hydrogens (tertiary/aromatic N) is 4. The molecule has 0 saturated heterocycles. The van der Waals surface area contributed by atoms with E-state index in [1.54, 1.807) is 23.2 Å². The van der Waals surface area contributed by atoms with Gasteiger partial charge < -0.3 is 4.57 Å². The van der Waals surface area contributed by atoms with Gasteiger partial charge in [0.05, 0.1) is 11.8 Å². The molecule has 0 aliphatic carbocycles. The van der Waals surface area contributed by atoms with E-state index in [4.69, 9.17) is 0 Å². The van der Waals surface area contributed by atoms with Gasteiger partial charge in [-0.25, -0.2) is 8.78 Å². The summed E-state index contributed by atoms with van der Waals surface area (Å²) in [6, 6.07) is 0. The van der Waals surface area contributed by atoms with Crippen molar-refractivity contribution in [1.29, 1.82) is 0 Å². The number of rotatable bonds is 4. The molecule has 0 atom stereocenters. The lowest BCUT2D eigenvalue weighted by atomic mass is 10.2. The van der Waals surface area contributed by atoms with Crippen LogP contribution in [0.25, 0.3) is 0 Å². The molecular formula is C13H16F2N4OS. The number of aryl methyl sites for hydroxylation is 1. The van der Waals surface area contributed by atoms with Crippen LogP contribution in [0.15, 0.2) is 22.8 Å². The SMILES string of the molecule is CC(C)Cn1ncc(C(=O)N=c2sccn2C)c1C(F)F. The predicted molar refractivity (Wildman–Crippen MR) is 75.2 cm³/mol. The van der Waals surface area contributed by atoms with Crippen LogP contribution < -0.4 is 4.80 Å². The number of amides is 1. The molecule has 0 aliphatic rings. The second kappa shape index (κ2) is 6.30. The molecule has 2 heterocycles. The first-order valence-corrected chi connectivity index (χ1v) is 7.31. The van der Waals surface area contributed by atoms with Crippen LogP contribution in [0.5, 0.6) is 0 Å². The second-order valence-corrected chi connectivity index (χ2v) is 5.91. The van der Waals surface area contributed by atoms with E-state index in [9.17, 15) is 13.6 Å². The molecule has 5 nitrogen and oxygen atoms in total. The average Bonchev–Trinajstić information content (AvgIpc) is 2.96. The van der Waals surface area contributed by atoms with Crippen molar-refractivity contribution >= 4 is 17.2 Å². The Kier molecular flexibility index (Phi) is 4.66. The molecule has 0 radical (unpaired) electrons. The molecule has 0 fully saturated rings. The van der Waals surface area contributed by atoms with E-state index in [2.05, 4.69) is 10.1 Å². The zero-order valence-electron chi connectivity index (χ0n) is 12.0. The number of thiazole rings is 1. The number of halogens is 2. The number of alkyl halides is 2. The summed E-state index contributed by atoms with van der Waals surface area (Å²) in [4.78, 5) is 16.5. The van der Waals surface area contributed by atoms with Crippen LogP contribution in [0.2, 0.25) is 0 Å². The summed E-state index contributed by atoms with van der Waals surface area (Å²) in [7, 11) is 1.73. The molecule has 1 amide bonds. The highest BCUT2D eigenvalue weighted by Crippen LogP contribution is 2.24. The fourth-order valence-electron chi connectivity index (χ4n) is 1.86. The molecule has 0 N–H and O–H groups in total. The van der Waals surface area contributed by atoms with E-state index >= 15 is 0 Å². The van der Waals surface area contributed by atoms with Gasteiger partial charge in [-0.3, -0.25) is 9.48 Å². The monoisotopic (exact) mass is 314 g/mol. The Hall–Kier alpha value is -1.83. The summed E-state index contributed by atoms with van der Waals surface area (Å²) in [5.74, 6) is -0.546. The molecule has 0 aliphatic heterocycles. The third-order valence-corrected chi connectivity index (χ3v) is 3.66. The topological polar surface area (TPSA) is 52.2 Å². The smallest absolute Gasteiger partial charge is 0.283 e. The Labute approximate surface area is 124 Å². The highest BCUT2D eigenvalue weighted by atomic mass is 32.1. The van der Waals surface area contributed by atoms with Crippen LogP contribution in [0, 0.1) is 5.92 Å². The number of aromatic nitrogens is 3. The highest BCUT2D eigenvalue weighted by molar-refractivity contribution is 7.07. The average molecular weight is 314 g/mol. The summed E-state index contributed by atoms with van der Waals surface area (Å²) < 4.78 is 29.3. The van der Waals surface area contributed by atoms with Gasteiger partial charge in [0.2, 0.25) is 0 Å². The van der Waals surface area contributed by atoms with E-state index in [1.165, 1.54) is 22.2 Å². The maximum Gasteiger partial charge on any atom is 0.283 e. The van der Waals surface area contributed by atoms with Gasteiger partial charge in [0.15, 0.2) is 4.80 Å². The van der Waals surface area contributed by atoms with E-state index < -0.39 is 12.3 Å². The minimum Gasteiger partial charge on any atom is -0.327 e. The van der Waals surface area contributed by atoms with E-state index in [1.807, 2.05) is 13.8 Å². The van der Waals surface area contributed by atoms with Gasteiger partial charge in [-0.2, -0.15) is 10.1 Å². The Balaban J connectivity index is 2.42. The van der Waals surface area contributed by atoms with Crippen molar-refractivity contribution in [3.63, 3.8) is 0 Å². The van der Waals surface area contributed by atoms with Gasteiger partial charge in [-0.05, 0) is 5.92 Å². The number of carbonyl (C=O) groups excluding carboxylic acids is 1. The van der Waals surface area contributed by atoms with Gasteiger partial charge in [0.25, 0.3) is 12.3 Å². The number of hydrogen-bond donors (Lipinski definition) is 0. The first kappa shape index (κ1) is 15.6. The zero-order valence-corrected chi connectivity index (χ0v) is 12.8. The van der Waals surface area contributed by atoms with Crippen LogP contribution in [-0.4, -0.2) is 20.3 Å². The van der Waals surface area contributed by atoms with Crippen LogP contribution in [0.3, 0.4) is 0 Å². The van der Waals surface area contributed by atoms with Crippen LogP contribution in [0.4, 0.5) is 8.78 Å². The molecule has 0 aromatic carbocycles. The number of carbonyl (C=O) groups is 1. The minimum absolute atomic E-state index is 0.140. The standard InChI is InChI=1S/C13H16F2N4OS/c1-8(2)7-19-10(11(14)15)9(6-16-19)12(20)17-13-18(3)4-5-21-13/h4-6,8,11H,7H2,1-3H3. The molecule has 2 aromatic rings. The van der Waals surface area contributed by atoms with Crippen LogP contribution in [0.1, 0.15) is 36.3 Å². The third-order valence-electron chi connectivity index (χ3n) is 2.81. The molecule has 2 rings (SSSR count). The summed E-state index contributed by atoms with van der Waals surface area (Å²) in [5.41, 5.74) is -0.504. The lowest BCUT2D eigenvalue weighted by Gasteiger charge is -2.09. The van der Waals surface area contributed by atoms with Crippen molar-refractivity contribution < 1.29 is 13.6 Å². The van der Waals surface area contributed by atoms with Gasteiger partial charge >= 0.3 is 0 Å². The molecule has 21 heavy (non-hydrogen) atoms. The van der Waals surface area contributed by atoms with E-state index in [-0.39, 0.29) is 17.2 Å². The van der Waals surface area contributed by atoms with Gasteiger partial charge in [0.1, 0.15) is 5.69 Å². The maximum absolute atomic E-state index is 13.2. The van der Waals surface area contributed by atoms with Crippen molar-refractivity contribution in [2.24, 2.45) is 18.0 Å². The predicted octanol–water partition coefficient (Wildman–Crippen LogP) is 2.62. The second-order valence-electron chi connectivity index (χ2n) is 5.03. The Morgan fingerprint density at radius 1 is 1.48 bits per heavy atom. The molecule has 0 unspecified atom stereocenters.